The average Bonchev–Trinajstić information content (AvgIpc) is 2.25. The predicted octanol–water partition coefficient (Wildman–Crippen LogP) is 2.31. The van der Waals surface area contributed by atoms with Crippen LogP contribution in [0.5, 0.6) is 0 Å². The molecule has 0 amide bonds. The fourth-order valence-corrected chi connectivity index (χ4v) is 2.44. The average molecular weight is 190 g/mol. The zero-order chi connectivity index (χ0) is 10.2. The molecule has 76 valence electrons. The third-order valence-corrected chi connectivity index (χ3v) is 3.94. The maximum atomic E-state index is 6.07. The van der Waals surface area contributed by atoms with Gasteiger partial charge in [0.2, 0.25) is 0 Å². The normalized spacial score (nSPS) is 36.5. The summed E-state index contributed by atoms with van der Waals surface area (Å²) >= 11 is 0. The van der Waals surface area contributed by atoms with Gasteiger partial charge < -0.3 is 5.73 Å². The molecule has 1 heterocycles. The van der Waals surface area contributed by atoms with Gasteiger partial charge in [0, 0.05) is 23.9 Å². The summed E-state index contributed by atoms with van der Waals surface area (Å²) in [5.74, 6) is 0.559. The predicted molar refractivity (Wildman–Crippen MR) is 58.0 cm³/mol. The van der Waals surface area contributed by atoms with E-state index in [0.717, 1.165) is 12.8 Å². The van der Waals surface area contributed by atoms with Crippen molar-refractivity contribution in [2.45, 2.75) is 38.6 Å². The molecule has 1 fully saturated rings. The highest BCUT2D eigenvalue weighted by Gasteiger charge is 2.49. The van der Waals surface area contributed by atoms with Gasteiger partial charge in [0.1, 0.15) is 0 Å². The summed E-state index contributed by atoms with van der Waals surface area (Å²) in [5.41, 5.74) is 7.53. The Morgan fingerprint density at radius 3 is 2.86 bits per heavy atom. The largest absolute Gasteiger partial charge is 0.327 e. The van der Waals surface area contributed by atoms with E-state index in [1.54, 1.807) is 0 Å². The minimum Gasteiger partial charge on any atom is -0.327 e. The van der Waals surface area contributed by atoms with Crippen molar-refractivity contribution in [1.82, 2.24) is 4.98 Å². The lowest BCUT2D eigenvalue weighted by molar-refractivity contribution is 0.0679. The maximum absolute atomic E-state index is 6.07. The molecule has 0 bridgehead atoms. The standard InChI is InChI=1S/C12H18N2/c1-3-12(2)9(8-11(12)13)10-6-4-5-7-14-10/h4-7,9,11H,3,8,13H2,1-2H3. The zero-order valence-corrected chi connectivity index (χ0v) is 8.90. The van der Waals surface area contributed by atoms with E-state index in [9.17, 15) is 0 Å². The van der Waals surface area contributed by atoms with Crippen LogP contribution in [0.3, 0.4) is 0 Å². The summed E-state index contributed by atoms with van der Waals surface area (Å²) in [6.07, 6.45) is 4.09. The Hall–Kier alpha value is -0.890. The highest BCUT2D eigenvalue weighted by atomic mass is 14.8. The van der Waals surface area contributed by atoms with E-state index in [-0.39, 0.29) is 5.41 Å². The molecule has 0 radical (unpaired) electrons. The molecule has 1 saturated carbocycles. The van der Waals surface area contributed by atoms with Gasteiger partial charge in [0.05, 0.1) is 0 Å². The van der Waals surface area contributed by atoms with E-state index >= 15 is 0 Å². The van der Waals surface area contributed by atoms with Crippen molar-refractivity contribution < 1.29 is 0 Å². The Balaban J connectivity index is 2.23. The third kappa shape index (κ3) is 1.25. The van der Waals surface area contributed by atoms with Gasteiger partial charge >= 0.3 is 0 Å². The lowest BCUT2D eigenvalue weighted by Gasteiger charge is -2.52. The Morgan fingerprint density at radius 2 is 2.36 bits per heavy atom. The molecule has 1 aromatic rings. The Labute approximate surface area is 85.5 Å². The highest BCUT2D eigenvalue weighted by molar-refractivity contribution is 5.21. The second-order valence-electron chi connectivity index (χ2n) is 4.51. The van der Waals surface area contributed by atoms with Crippen LogP contribution >= 0.6 is 0 Å². The van der Waals surface area contributed by atoms with E-state index in [0.29, 0.717) is 12.0 Å². The molecule has 0 aliphatic heterocycles. The Bertz CT molecular complexity index is 309. The molecule has 2 rings (SSSR count). The van der Waals surface area contributed by atoms with Gasteiger partial charge in [-0.15, -0.1) is 0 Å². The van der Waals surface area contributed by atoms with Crippen LogP contribution in [0.1, 0.15) is 38.3 Å². The van der Waals surface area contributed by atoms with Crippen molar-refractivity contribution >= 4 is 0 Å². The summed E-state index contributed by atoms with van der Waals surface area (Å²) in [6.45, 7) is 4.50. The number of pyridine rings is 1. The maximum Gasteiger partial charge on any atom is 0.0441 e. The van der Waals surface area contributed by atoms with Crippen molar-refractivity contribution in [2.75, 3.05) is 0 Å². The van der Waals surface area contributed by atoms with Gasteiger partial charge in [-0.3, -0.25) is 4.98 Å². The van der Waals surface area contributed by atoms with Crippen LogP contribution in [0.25, 0.3) is 0 Å². The molecule has 3 unspecified atom stereocenters. The summed E-state index contributed by atoms with van der Waals surface area (Å²) in [4.78, 5) is 4.42. The minimum atomic E-state index is 0.258. The van der Waals surface area contributed by atoms with E-state index in [1.165, 1.54) is 5.69 Å². The molecule has 0 spiro atoms. The molecule has 3 atom stereocenters. The second kappa shape index (κ2) is 3.35. The van der Waals surface area contributed by atoms with Crippen molar-refractivity contribution in [3.8, 4) is 0 Å². The van der Waals surface area contributed by atoms with E-state index in [4.69, 9.17) is 5.73 Å². The van der Waals surface area contributed by atoms with Crippen molar-refractivity contribution in [3.05, 3.63) is 30.1 Å². The van der Waals surface area contributed by atoms with Crippen LogP contribution < -0.4 is 5.73 Å². The molecule has 0 aromatic carbocycles. The molecule has 2 heteroatoms. The highest BCUT2D eigenvalue weighted by Crippen LogP contribution is 2.53. The molecule has 14 heavy (non-hydrogen) atoms. The summed E-state index contributed by atoms with van der Waals surface area (Å²) in [5, 5.41) is 0. The van der Waals surface area contributed by atoms with Gasteiger partial charge in [-0.05, 0) is 30.4 Å². The third-order valence-electron chi connectivity index (χ3n) is 3.94. The molecule has 2 N–H and O–H groups in total. The van der Waals surface area contributed by atoms with Crippen molar-refractivity contribution in [1.29, 1.82) is 0 Å². The molecular weight excluding hydrogens is 172 g/mol. The molecule has 1 aromatic heterocycles. The van der Waals surface area contributed by atoms with Crippen LogP contribution in [0.4, 0.5) is 0 Å². The van der Waals surface area contributed by atoms with E-state index in [2.05, 4.69) is 31.0 Å². The van der Waals surface area contributed by atoms with Gasteiger partial charge in [-0.1, -0.05) is 19.9 Å². The number of hydrogen-bond acceptors (Lipinski definition) is 2. The second-order valence-corrected chi connectivity index (χ2v) is 4.51. The lowest BCUT2D eigenvalue weighted by Crippen LogP contribution is -2.54. The number of aromatic nitrogens is 1. The fraction of sp³-hybridized carbons (Fsp3) is 0.583. The monoisotopic (exact) mass is 190 g/mol. The van der Waals surface area contributed by atoms with E-state index < -0.39 is 0 Å². The fourth-order valence-electron chi connectivity index (χ4n) is 2.44. The van der Waals surface area contributed by atoms with Gasteiger partial charge in [-0.2, -0.15) is 0 Å². The van der Waals surface area contributed by atoms with Crippen LogP contribution in [0, 0.1) is 5.41 Å². The quantitative estimate of drug-likeness (QED) is 0.777. The van der Waals surface area contributed by atoms with Crippen LogP contribution in [-0.2, 0) is 0 Å². The molecule has 1 aliphatic carbocycles. The van der Waals surface area contributed by atoms with Gasteiger partial charge in [-0.25, -0.2) is 0 Å². The van der Waals surface area contributed by atoms with E-state index in [1.807, 2.05) is 12.3 Å². The first kappa shape index (κ1) is 9.66. The van der Waals surface area contributed by atoms with Crippen LogP contribution in [-0.4, -0.2) is 11.0 Å². The molecular formula is C12H18N2. The topological polar surface area (TPSA) is 38.9 Å². The first-order valence-corrected chi connectivity index (χ1v) is 5.35. The zero-order valence-electron chi connectivity index (χ0n) is 8.90. The number of nitrogens with zero attached hydrogens (tertiary/aromatic N) is 1. The van der Waals surface area contributed by atoms with Gasteiger partial charge in [0.25, 0.3) is 0 Å². The van der Waals surface area contributed by atoms with Crippen LogP contribution in [0.15, 0.2) is 24.4 Å². The first-order valence-electron chi connectivity index (χ1n) is 5.35. The van der Waals surface area contributed by atoms with Crippen LogP contribution in [0.2, 0.25) is 0 Å². The molecule has 0 saturated heterocycles. The van der Waals surface area contributed by atoms with Crippen molar-refractivity contribution in [2.24, 2.45) is 11.1 Å². The number of hydrogen-bond donors (Lipinski definition) is 1. The summed E-state index contributed by atoms with van der Waals surface area (Å²) in [7, 11) is 0. The Kier molecular flexibility index (Phi) is 2.31. The lowest BCUT2D eigenvalue weighted by atomic mass is 9.55. The summed E-state index contributed by atoms with van der Waals surface area (Å²) < 4.78 is 0. The smallest absolute Gasteiger partial charge is 0.0441 e. The molecule has 2 nitrogen and oxygen atoms in total. The minimum absolute atomic E-state index is 0.258. The first-order chi connectivity index (χ1) is 6.68. The molecule has 1 aliphatic rings. The summed E-state index contributed by atoms with van der Waals surface area (Å²) in [6, 6.07) is 6.48. The SMILES string of the molecule is CCC1(C)C(N)CC1c1ccccn1. The number of nitrogens with two attached hydrogens (primary N) is 1. The van der Waals surface area contributed by atoms with Crippen molar-refractivity contribution in [3.63, 3.8) is 0 Å². The Morgan fingerprint density at radius 1 is 1.57 bits per heavy atom. The van der Waals surface area contributed by atoms with Gasteiger partial charge in [0.15, 0.2) is 0 Å². The number of rotatable bonds is 2.